The zero-order valence-corrected chi connectivity index (χ0v) is 8.64. The number of amides is 1. The minimum atomic E-state index is -0.884. The van der Waals surface area contributed by atoms with E-state index in [4.69, 9.17) is 11.5 Å². The van der Waals surface area contributed by atoms with E-state index in [0.717, 1.165) is 4.88 Å². The Morgan fingerprint density at radius 1 is 1.50 bits per heavy atom. The Morgan fingerprint density at radius 3 is 2.57 bits per heavy atom. The molecule has 1 atom stereocenters. The molecular weight excluding hydrogens is 200 g/mol. The second-order valence-electron chi connectivity index (χ2n) is 3.05. The first-order valence-electron chi connectivity index (χ1n) is 4.15. The van der Waals surface area contributed by atoms with Gasteiger partial charge in [-0.25, -0.2) is 0 Å². The van der Waals surface area contributed by atoms with Gasteiger partial charge in [0, 0.05) is 11.3 Å². The molecule has 1 unspecified atom stereocenters. The number of rotatable bonds is 4. The van der Waals surface area contributed by atoms with Crippen LogP contribution in [-0.2, 0) is 4.79 Å². The molecule has 1 aromatic heterocycles. The van der Waals surface area contributed by atoms with Crippen LogP contribution in [0.1, 0.15) is 21.0 Å². The van der Waals surface area contributed by atoms with Crippen LogP contribution in [0.5, 0.6) is 0 Å². The molecule has 0 spiro atoms. The van der Waals surface area contributed by atoms with Crippen molar-refractivity contribution in [1.82, 2.24) is 0 Å². The van der Waals surface area contributed by atoms with Gasteiger partial charge >= 0.3 is 0 Å². The molecule has 1 rings (SSSR count). The number of aryl methyl sites for hydroxylation is 1. The lowest BCUT2D eigenvalue weighted by atomic mass is 10.1. The molecule has 0 aliphatic heterocycles. The number of carbonyl (C=O) groups excluding carboxylic acids is 2. The van der Waals surface area contributed by atoms with Crippen LogP contribution in [0.3, 0.4) is 0 Å². The maximum Gasteiger partial charge on any atom is 0.234 e. The lowest BCUT2D eigenvalue weighted by molar-refractivity contribution is -0.119. The number of hydrogen-bond acceptors (Lipinski definition) is 4. The van der Waals surface area contributed by atoms with Crippen LogP contribution in [0.4, 0.5) is 0 Å². The molecule has 0 aliphatic carbocycles. The average molecular weight is 212 g/mol. The molecule has 14 heavy (non-hydrogen) atoms. The number of Topliss-reactive ketones (excluding diaryl/α,β-unsaturated/α-hetero) is 1. The topological polar surface area (TPSA) is 86.2 Å². The van der Waals surface area contributed by atoms with Gasteiger partial charge < -0.3 is 11.5 Å². The fourth-order valence-corrected chi connectivity index (χ4v) is 1.80. The highest BCUT2D eigenvalue weighted by Crippen LogP contribution is 2.17. The number of nitrogens with two attached hydrogens (primary N) is 2. The van der Waals surface area contributed by atoms with Crippen molar-refractivity contribution < 1.29 is 9.59 Å². The van der Waals surface area contributed by atoms with Crippen molar-refractivity contribution in [3.8, 4) is 0 Å². The highest BCUT2D eigenvalue weighted by atomic mass is 32.1. The van der Waals surface area contributed by atoms with Gasteiger partial charge in [-0.1, -0.05) is 0 Å². The smallest absolute Gasteiger partial charge is 0.234 e. The predicted octanol–water partition coefficient (Wildman–Crippen LogP) is 0.442. The van der Waals surface area contributed by atoms with Crippen molar-refractivity contribution in [2.45, 2.75) is 19.4 Å². The van der Waals surface area contributed by atoms with E-state index in [9.17, 15) is 9.59 Å². The summed E-state index contributed by atoms with van der Waals surface area (Å²) in [5.74, 6) is -0.777. The number of thiophene rings is 1. The third-order valence-corrected chi connectivity index (χ3v) is 2.83. The Kier molecular flexibility index (Phi) is 3.38. The molecule has 1 aromatic rings. The molecule has 4 N–H and O–H groups in total. The Morgan fingerprint density at radius 2 is 2.14 bits per heavy atom. The minimum absolute atomic E-state index is 0.0186. The highest BCUT2D eigenvalue weighted by Gasteiger charge is 2.16. The summed E-state index contributed by atoms with van der Waals surface area (Å²) in [6.45, 7) is 1.91. The molecule has 0 aromatic carbocycles. The van der Waals surface area contributed by atoms with Gasteiger partial charge in [-0.3, -0.25) is 9.59 Å². The van der Waals surface area contributed by atoms with E-state index < -0.39 is 11.9 Å². The standard InChI is InChI=1S/C9H12N2O2S/c1-5-2-3-8(14-5)7(12)4-6(10)9(11)13/h2-3,6H,4,10H2,1H3,(H2,11,13). The van der Waals surface area contributed by atoms with Crippen LogP contribution >= 0.6 is 11.3 Å². The molecule has 0 saturated heterocycles. The van der Waals surface area contributed by atoms with Crippen molar-refractivity contribution in [3.05, 3.63) is 21.9 Å². The van der Waals surface area contributed by atoms with Crippen molar-refractivity contribution in [1.29, 1.82) is 0 Å². The molecule has 0 fully saturated rings. The van der Waals surface area contributed by atoms with Crippen LogP contribution < -0.4 is 11.5 Å². The maximum absolute atomic E-state index is 11.5. The fourth-order valence-electron chi connectivity index (χ4n) is 0.985. The lowest BCUT2D eigenvalue weighted by Crippen LogP contribution is -2.38. The van der Waals surface area contributed by atoms with E-state index in [1.54, 1.807) is 6.07 Å². The third kappa shape index (κ3) is 2.65. The van der Waals surface area contributed by atoms with E-state index in [2.05, 4.69) is 0 Å². The van der Waals surface area contributed by atoms with Crippen LogP contribution in [0.25, 0.3) is 0 Å². The summed E-state index contributed by atoms with van der Waals surface area (Å²) >= 11 is 1.39. The average Bonchev–Trinajstić information content (AvgIpc) is 2.51. The third-order valence-electron chi connectivity index (χ3n) is 1.79. The highest BCUT2D eigenvalue weighted by molar-refractivity contribution is 7.14. The molecule has 76 valence electrons. The van der Waals surface area contributed by atoms with Crippen LogP contribution in [-0.4, -0.2) is 17.7 Å². The summed E-state index contributed by atoms with van der Waals surface area (Å²) in [5.41, 5.74) is 10.3. The van der Waals surface area contributed by atoms with E-state index in [1.165, 1.54) is 11.3 Å². The van der Waals surface area contributed by atoms with Gasteiger partial charge in [0.05, 0.1) is 10.9 Å². The summed E-state index contributed by atoms with van der Waals surface area (Å²) in [5, 5.41) is 0. The quantitative estimate of drug-likeness (QED) is 0.710. The predicted molar refractivity (Wildman–Crippen MR) is 55.2 cm³/mol. The Labute approximate surface area is 85.9 Å². The Bertz CT molecular complexity index is 359. The van der Waals surface area contributed by atoms with Gasteiger partial charge in [-0.15, -0.1) is 11.3 Å². The summed E-state index contributed by atoms with van der Waals surface area (Å²) in [4.78, 5) is 23.8. The van der Waals surface area contributed by atoms with Crippen molar-refractivity contribution in [3.63, 3.8) is 0 Å². The van der Waals surface area contributed by atoms with E-state index in [0.29, 0.717) is 4.88 Å². The summed E-state index contributed by atoms with van der Waals surface area (Å²) in [7, 11) is 0. The van der Waals surface area contributed by atoms with Crippen LogP contribution in [0.15, 0.2) is 12.1 Å². The van der Waals surface area contributed by atoms with Crippen LogP contribution in [0.2, 0.25) is 0 Å². The molecule has 0 saturated carbocycles. The first kappa shape index (κ1) is 10.9. The summed E-state index contributed by atoms with van der Waals surface area (Å²) < 4.78 is 0. The largest absolute Gasteiger partial charge is 0.368 e. The summed E-state index contributed by atoms with van der Waals surface area (Å²) in [6.07, 6.45) is -0.0186. The van der Waals surface area contributed by atoms with E-state index in [-0.39, 0.29) is 12.2 Å². The van der Waals surface area contributed by atoms with E-state index >= 15 is 0 Å². The monoisotopic (exact) mass is 212 g/mol. The fraction of sp³-hybridized carbons (Fsp3) is 0.333. The van der Waals surface area contributed by atoms with Gasteiger partial charge in [0.25, 0.3) is 0 Å². The van der Waals surface area contributed by atoms with Crippen LogP contribution in [0, 0.1) is 6.92 Å². The zero-order valence-electron chi connectivity index (χ0n) is 7.82. The molecule has 1 heterocycles. The molecule has 4 nitrogen and oxygen atoms in total. The van der Waals surface area contributed by atoms with E-state index in [1.807, 2.05) is 13.0 Å². The first-order valence-corrected chi connectivity index (χ1v) is 4.97. The number of primary amides is 1. The van der Waals surface area contributed by atoms with Gasteiger partial charge in [0.2, 0.25) is 5.91 Å². The number of hydrogen-bond donors (Lipinski definition) is 2. The summed E-state index contributed by atoms with van der Waals surface area (Å²) in [6, 6.07) is 2.70. The maximum atomic E-state index is 11.5. The van der Waals surface area contributed by atoms with Gasteiger partial charge in [-0.05, 0) is 19.1 Å². The van der Waals surface area contributed by atoms with Gasteiger partial charge in [0.15, 0.2) is 5.78 Å². The molecule has 1 amide bonds. The van der Waals surface area contributed by atoms with Gasteiger partial charge in [0.1, 0.15) is 0 Å². The molecule has 0 radical (unpaired) electrons. The molecular formula is C9H12N2O2S. The normalized spacial score (nSPS) is 12.4. The van der Waals surface area contributed by atoms with Crippen molar-refractivity contribution >= 4 is 23.0 Å². The SMILES string of the molecule is Cc1ccc(C(=O)CC(N)C(N)=O)s1. The van der Waals surface area contributed by atoms with Crippen molar-refractivity contribution in [2.24, 2.45) is 11.5 Å². The Hall–Kier alpha value is -1.20. The van der Waals surface area contributed by atoms with Gasteiger partial charge in [-0.2, -0.15) is 0 Å². The molecule has 0 bridgehead atoms. The van der Waals surface area contributed by atoms with Crippen molar-refractivity contribution in [2.75, 3.05) is 0 Å². The first-order chi connectivity index (χ1) is 6.50. The second-order valence-corrected chi connectivity index (χ2v) is 4.33. The zero-order chi connectivity index (χ0) is 10.7. The number of ketones is 1. The second kappa shape index (κ2) is 4.34. The minimum Gasteiger partial charge on any atom is -0.368 e. The molecule has 5 heteroatoms. The number of carbonyl (C=O) groups is 2. The Balaban J connectivity index is 2.63. The lowest BCUT2D eigenvalue weighted by Gasteiger charge is -2.04. The molecule has 0 aliphatic rings.